The van der Waals surface area contributed by atoms with Gasteiger partial charge in [0.1, 0.15) is 0 Å². The first-order valence-electron chi connectivity index (χ1n) is 7.85. The van der Waals surface area contributed by atoms with Gasteiger partial charge in [-0.25, -0.2) is 13.1 Å². The number of nitrogens with zero attached hydrogens (tertiary/aromatic N) is 1. The summed E-state index contributed by atoms with van der Waals surface area (Å²) in [6.07, 6.45) is 6.00. The molecule has 0 radical (unpaired) electrons. The van der Waals surface area contributed by atoms with Crippen molar-refractivity contribution in [2.75, 3.05) is 0 Å². The minimum Gasteiger partial charge on any atom is -0.346 e. The van der Waals surface area contributed by atoms with Crippen LogP contribution in [0.2, 0.25) is 0 Å². The highest BCUT2D eigenvalue weighted by Crippen LogP contribution is 2.37. The van der Waals surface area contributed by atoms with Crippen molar-refractivity contribution in [3.8, 4) is 0 Å². The molecule has 2 saturated carbocycles. The van der Waals surface area contributed by atoms with E-state index < -0.39 is 10.0 Å². The van der Waals surface area contributed by atoms with E-state index in [1.807, 2.05) is 4.57 Å². The Morgan fingerprint density at radius 2 is 2.00 bits per heavy atom. The van der Waals surface area contributed by atoms with Gasteiger partial charge in [0.2, 0.25) is 10.0 Å². The number of rotatable bonds is 5. The zero-order chi connectivity index (χ0) is 15.2. The quantitative estimate of drug-likeness (QED) is 0.873. The van der Waals surface area contributed by atoms with Crippen molar-refractivity contribution in [1.29, 1.82) is 0 Å². The Morgan fingerprint density at radius 3 is 2.52 bits per heavy atom. The van der Waals surface area contributed by atoms with Crippen LogP contribution in [0.15, 0.2) is 17.2 Å². The van der Waals surface area contributed by atoms with Crippen LogP contribution in [-0.4, -0.2) is 19.0 Å². The van der Waals surface area contributed by atoms with E-state index in [-0.39, 0.29) is 6.04 Å². The second-order valence-electron chi connectivity index (χ2n) is 6.65. The summed E-state index contributed by atoms with van der Waals surface area (Å²) < 4.78 is 30.1. The first kappa shape index (κ1) is 15.1. The largest absolute Gasteiger partial charge is 0.346 e. The van der Waals surface area contributed by atoms with Gasteiger partial charge in [-0.2, -0.15) is 0 Å². The molecule has 0 spiro atoms. The molecule has 2 fully saturated rings. The smallest absolute Gasteiger partial charge is 0.242 e. The van der Waals surface area contributed by atoms with E-state index in [0.29, 0.717) is 29.3 Å². The predicted octanol–water partition coefficient (Wildman–Crippen LogP) is 1.99. The third-order valence-corrected chi connectivity index (χ3v) is 6.60. The summed E-state index contributed by atoms with van der Waals surface area (Å²) >= 11 is 0. The van der Waals surface area contributed by atoms with E-state index in [0.717, 1.165) is 31.4 Å². The van der Waals surface area contributed by atoms with Crippen molar-refractivity contribution in [2.24, 2.45) is 17.6 Å². The fraction of sp³-hybridized carbons (Fsp3) is 0.733. The van der Waals surface area contributed by atoms with Gasteiger partial charge >= 0.3 is 0 Å². The lowest BCUT2D eigenvalue weighted by Crippen LogP contribution is -2.37. The standard InChI is InChI=1S/C15H25N3O2S/c1-10-3-6-15(11(10)2)17-21(19,20)14-7-13(8-16)18(9-14)12-4-5-12/h7,9-12,15,17H,3-6,8,16H2,1-2H3. The van der Waals surface area contributed by atoms with Gasteiger partial charge in [-0.05, 0) is 43.6 Å². The number of aromatic nitrogens is 1. The maximum atomic E-state index is 12.6. The second kappa shape index (κ2) is 5.41. The molecular formula is C15H25N3O2S. The molecule has 3 rings (SSSR count). The minimum atomic E-state index is -3.44. The molecule has 1 aromatic rings. The summed E-state index contributed by atoms with van der Waals surface area (Å²) in [6, 6.07) is 2.22. The summed E-state index contributed by atoms with van der Waals surface area (Å²) in [5, 5.41) is 0. The van der Waals surface area contributed by atoms with Crippen LogP contribution in [0.1, 0.15) is 51.3 Å². The molecule has 0 bridgehead atoms. The molecule has 3 unspecified atom stereocenters. The molecule has 3 N–H and O–H groups in total. The minimum absolute atomic E-state index is 0.0515. The normalized spacial score (nSPS) is 30.0. The van der Waals surface area contributed by atoms with Gasteiger partial charge in [0.15, 0.2) is 0 Å². The van der Waals surface area contributed by atoms with Crippen molar-refractivity contribution < 1.29 is 8.42 Å². The monoisotopic (exact) mass is 311 g/mol. The number of nitrogens with two attached hydrogens (primary N) is 1. The Labute approximate surface area is 127 Å². The van der Waals surface area contributed by atoms with E-state index in [2.05, 4.69) is 18.6 Å². The SMILES string of the molecule is CC1CCC(NS(=O)(=O)c2cc(CN)n(C3CC3)c2)C1C. The van der Waals surface area contributed by atoms with Crippen LogP contribution in [0.4, 0.5) is 0 Å². The summed E-state index contributed by atoms with van der Waals surface area (Å²) in [5.41, 5.74) is 6.65. The van der Waals surface area contributed by atoms with Crippen LogP contribution in [0.3, 0.4) is 0 Å². The maximum absolute atomic E-state index is 12.6. The third kappa shape index (κ3) is 2.89. The zero-order valence-electron chi connectivity index (χ0n) is 12.7. The van der Waals surface area contributed by atoms with Crippen LogP contribution >= 0.6 is 0 Å². The summed E-state index contributed by atoms with van der Waals surface area (Å²) in [5.74, 6) is 0.965. The molecule has 2 aliphatic carbocycles. The number of nitrogens with one attached hydrogen (secondary N) is 1. The van der Waals surface area contributed by atoms with Gasteiger partial charge in [0, 0.05) is 30.5 Å². The first-order chi connectivity index (χ1) is 9.92. The van der Waals surface area contributed by atoms with Crippen molar-refractivity contribution in [2.45, 2.75) is 63.1 Å². The number of hydrogen-bond acceptors (Lipinski definition) is 3. The lowest BCUT2D eigenvalue weighted by molar-refractivity contribution is 0.402. The summed E-state index contributed by atoms with van der Waals surface area (Å²) in [6.45, 7) is 4.70. The molecular weight excluding hydrogens is 286 g/mol. The molecule has 0 amide bonds. The van der Waals surface area contributed by atoms with Gasteiger partial charge < -0.3 is 10.3 Å². The van der Waals surface area contributed by atoms with Crippen molar-refractivity contribution in [3.63, 3.8) is 0 Å². The Balaban J connectivity index is 1.81. The summed E-state index contributed by atoms with van der Waals surface area (Å²) in [7, 11) is -3.44. The van der Waals surface area contributed by atoms with Crippen LogP contribution < -0.4 is 10.5 Å². The molecule has 118 valence electrons. The molecule has 3 atom stereocenters. The van der Waals surface area contributed by atoms with Crippen molar-refractivity contribution in [1.82, 2.24) is 9.29 Å². The number of hydrogen-bond donors (Lipinski definition) is 2. The second-order valence-corrected chi connectivity index (χ2v) is 8.37. The van der Waals surface area contributed by atoms with E-state index in [4.69, 9.17) is 5.73 Å². The van der Waals surface area contributed by atoms with Gasteiger partial charge in [-0.15, -0.1) is 0 Å². The van der Waals surface area contributed by atoms with Crippen molar-refractivity contribution >= 4 is 10.0 Å². The highest BCUT2D eigenvalue weighted by atomic mass is 32.2. The van der Waals surface area contributed by atoms with E-state index >= 15 is 0 Å². The summed E-state index contributed by atoms with van der Waals surface area (Å²) in [4.78, 5) is 0.363. The van der Waals surface area contributed by atoms with E-state index in [9.17, 15) is 8.42 Å². The Kier molecular flexibility index (Phi) is 3.88. The van der Waals surface area contributed by atoms with Crippen LogP contribution in [0.25, 0.3) is 0 Å². The average molecular weight is 311 g/mol. The van der Waals surface area contributed by atoms with Crippen molar-refractivity contribution in [3.05, 3.63) is 18.0 Å². The van der Waals surface area contributed by atoms with Gasteiger partial charge in [0.05, 0.1) is 4.90 Å². The first-order valence-corrected chi connectivity index (χ1v) is 9.34. The number of sulfonamides is 1. The predicted molar refractivity (Wildman–Crippen MR) is 82.3 cm³/mol. The molecule has 0 aliphatic heterocycles. The lowest BCUT2D eigenvalue weighted by Gasteiger charge is -2.19. The Morgan fingerprint density at radius 1 is 1.29 bits per heavy atom. The highest BCUT2D eigenvalue weighted by molar-refractivity contribution is 7.89. The van der Waals surface area contributed by atoms with Gasteiger partial charge in [-0.1, -0.05) is 13.8 Å². The molecule has 21 heavy (non-hydrogen) atoms. The van der Waals surface area contributed by atoms with Crippen LogP contribution in [0, 0.1) is 11.8 Å². The molecule has 1 aromatic heterocycles. The molecule has 1 heterocycles. The fourth-order valence-corrected chi connectivity index (χ4v) is 4.71. The Hall–Kier alpha value is -0.850. The molecule has 0 aromatic carbocycles. The fourth-order valence-electron chi connectivity index (χ4n) is 3.30. The highest BCUT2D eigenvalue weighted by Gasteiger charge is 2.34. The molecule has 6 heteroatoms. The molecule has 0 saturated heterocycles. The lowest BCUT2D eigenvalue weighted by atomic mass is 9.98. The Bertz CT molecular complexity index is 619. The van der Waals surface area contributed by atoms with Gasteiger partial charge in [-0.3, -0.25) is 0 Å². The maximum Gasteiger partial charge on any atom is 0.242 e. The average Bonchev–Trinajstić information content (AvgIpc) is 3.12. The topological polar surface area (TPSA) is 77.1 Å². The van der Waals surface area contributed by atoms with E-state index in [1.54, 1.807) is 12.3 Å². The zero-order valence-corrected chi connectivity index (χ0v) is 13.6. The molecule has 2 aliphatic rings. The van der Waals surface area contributed by atoms with Gasteiger partial charge in [0.25, 0.3) is 0 Å². The molecule has 5 nitrogen and oxygen atoms in total. The van der Waals surface area contributed by atoms with Crippen LogP contribution in [-0.2, 0) is 16.6 Å². The third-order valence-electron chi connectivity index (χ3n) is 5.14. The van der Waals surface area contributed by atoms with Crippen LogP contribution in [0.5, 0.6) is 0 Å². The van der Waals surface area contributed by atoms with E-state index in [1.165, 1.54) is 0 Å².